The summed E-state index contributed by atoms with van der Waals surface area (Å²) in [5, 5.41) is 4.11. The van der Waals surface area contributed by atoms with Gasteiger partial charge in [0.05, 0.1) is 19.0 Å². The fourth-order valence-corrected chi connectivity index (χ4v) is 3.52. The van der Waals surface area contributed by atoms with Crippen molar-refractivity contribution in [3.05, 3.63) is 56.9 Å². The molecule has 7 nitrogen and oxygen atoms in total. The maximum Gasteiger partial charge on any atom is 0.327 e. The van der Waals surface area contributed by atoms with Crippen LogP contribution >= 0.6 is 15.9 Å². The van der Waals surface area contributed by atoms with Crippen LogP contribution in [-0.2, 0) is 22.6 Å². The monoisotopic (exact) mass is 420 g/mol. The zero-order valence-electron chi connectivity index (χ0n) is 14.6. The number of piperazine rings is 1. The number of hydrogen-bond donors (Lipinski definition) is 0. The van der Waals surface area contributed by atoms with Gasteiger partial charge in [-0.25, -0.2) is 4.68 Å². The summed E-state index contributed by atoms with van der Waals surface area (Å²) in [6, 6.07) is 10.4. The van der Waals surface area contributed by atoms with Crippen molar-refractivity contribution < 1.29 is 9.53 Å². The number of nitrogens with zero attached hydrogens (tertiary/aromatic N) is 4. The van der Waals surface area contributed by atoms with E-state index >= 15 is 0 Å². The molecule has 0 spiro atoms. The predicted octanol–water partition coefficient (Wildman–Crippen LogP) is 1.50. The van der Waals surface area contributed by atoms with Gasteiger partial charge in [-0.1, -0.05) is 30.3 Å². The minimum atomic E-state index is -0.506. The number of ether oxygens (including phenoxy) is 1. The second-order valence-electron chi connectivity index (χ2n) is 6.13. The number of esters is 1. The molecular weight excluding hydrogens is 400 g/mol. The SMILES string of the molecule is COC(=O)Cn1ncc(N2CCN(Cc3ccccc3)CC2)c(Br)c1=O. The van der Waals surface area contributed by atoms with Gasteiger partial charge >= 0.3 is 5.97 Å². The summed E-state index contributed by atoms with van der Waals surface area (Å²) in [5.74, 6) is -0.506. The number of aromatic nitrogens is 2. The lowest BCUT2D eigenvalue weighted by molar-refractivity contribution is -0.141. The van der Waals surface area contributed by atoms with Crippen molar-refractivity contribution in [3.63, 3.8) is 0 Å². The zero-order chi connectivity index (χ0) is 18.5. The Balaban J connectivity index is 1.65. The molecule has 0 aliphatic carbocycles. The van der Waals surface area contributed by atoms with Crippen LogP contribution in [0.1, 0.15) is 5.56 Å². The molecule has 1 aromatic heterocycles. The molecule has 1 fully saturated rings. The van der Waals surface area contributed by atoms with E-state index in [0.29, 0.717) is 4.47 Å². The highest BCUT2D eigenvalue weighted by molar-refractivity contribution is 9.10. The number of carbonyl (C=O) groups is 1. The first-order valence-corrected chi connectivity index (χ1v) is 9.21. The Bertz CT molecular complexity index is 817. The van der Waals surface area contributed by atoms with Crippen molar-refractivity contribution in [1.29, 1.82) is 0 Å². The molecule has 1 saturated heterocycles. The van der Waals surface area contributed by atoms with Crippen LogP contribution in [0.4, 0.5) is 5.69 Å². The lowest BCUT2D eigenvalue weighted by Crippen LogP contribution is -2.46. The third-order valence-corrected chi connectivity index (χ3v) is 5.18. The molecule has 138 valence electrons. The van der Waals surface area contributed by atoms with Crippen molar-refractivity contribution in [2.24, 2.45) is 0 Å². The van der Waals surface area contributed by atoms with E-state index in [9.17, 15) is 9.59 Å². The molecule has 0 radical (unpaired) electrons. The first-order chi connectivity index (χ1) is 12.6. The van der Waals surface area contributed by atoms with E-state index in [2.05, 4.69) is 59.8 Å². The first-order valence-electron chi connectivity index (χ1n) is 8.42. The van der Waals surface area contributed by atoms with E-state index < -0.39 is 5.97 Å². The minimum Gasteiger partial charge on any atom is -0.468 e. The molecule has 0 unspecified atom stereocenters. The minimum absolute atomic E-state index is 0.195. The number of methoxy groups -OCH3 is 1. The molecule has 0 amide bonds. The van der Waals surface area contributed by atoms with Gasteiger partial charge < -0.3 is 9.64 Å². The summed E-state index contributed by atoms with van der Waals surface area (Å²) in [6.45, 7) is 4.17. The largest absolute Gasteiger partial charge is 0.468 e. The Labute approximate surface area is 160 Å². The van der Waals surface area contributed by atoms with Crippen molar-refractivity contribution >= 4 is 27.6 Å². The fraction of sp³-hybridized carbons (Fsp3) is 0.389. The lowest BCUT2D eigenvalue weighted by Gasteiger charge is -2.36. The zero-order valence-corrected chi connectivity index (χ0v) is 16.2. The second kappa shape index (κ2) is 8.46. The standard InChI is InChI=1S/C18H21BrN4O3/c1-26-16(24)13-23-18(25)17(19)15(11-20-23)22-9-7-21(8-10-22)12-14-5-3-2-4-6-14/h2-6,11H,7-10,12-13H2,1H3. The molecule has 1 aliphatic heterocycles. The lowest BCUT2D eigenvalue weighted by atomic mass is 10.2. The van der Waals surface area contributed by atoms with Crippen molar-refractivity contribution in [2.75, 3.05) is 38.2 Å². The highest BCUT2D eigenvalue weighted by Gasteiger charge is 2.21. The van der Waals surface area contributed by atoms with Crippen LogP contribution in [0.15, 0.2) is 45.8 Å². The Morgan fingerprint density at radius 1 is 1.19 bits per heavy atom. The quantitative estimate of drug-likeness (QED) is 0.682. The highest BCUT2D eigenvalue weighted by Crippen LogP contribution is 2.23. The molecule has 0 bridgehead atoms. The van der Waals surface area contributed by atoms with Gasteiger partial charge in [-0.15, -0.1) is 0 Å². The van der Waals surface area contributed by atoms with E-state index in [1.165, 1.54) is 12.7 Å². The summed E-state index contributed by atoms with van der Waals surface area (Å²) in [4.78, 5) is 28.3. The van der Waals surface area contributed by atoms with E-state index in [0.717, 1.165) is 43.1 Å². The smallest absolute Gasteiger partial charge is 0.327 e. The Hall–Kier alpha value is -2.19. The van der Waals surface area contributed by atoms with Crippen LogP contribution in [0.2, 0.25) is 0 Å². The molecule has 1 aromatic carbocycles. The fourth-order valence-electron chi connectivity index (χ4n) is 2.96. The molecule has 0 saturated carbocycles. The van der Waals surface area contributed by atoms with E-state index in [1.54, 1.807) is 6.20 Å². The normalized spacial score (nSPS) is 15.1. The van der Waals surface area contributed by atoms with Crippen LogP contribution in [0.3, 0.4) is 0 Å². The molecular formula is C18H21BrN4O3. The third-order valence-electron chi connectivity index (χ3n) is 4.44. The van der Waals surface area contributed by atoms with Gasteiger partial charge in [-0.2, -0.15) is 5.10 Å². The Kier molecular flexibility index (Phi) is 6.05. The van der Waals surface area contributed by atoms with Crippen molar-refractivity contribution in [2.45, 2.75) is 13.1 Å². The van der Waals surface area contributed by atoms with Crippen LogP contribution in [-0.4, -0.2) is 53.9 Å². The van der Waals surface area contributed by atoms with Crippen LogP contribution in [0, 0.1) is 0 Å². The van der Waals surface area contributed by atoms with Gasteiger partial charge in [-0.3, -0.25) is 14.5 Å². The molecule has 8 heteroatoms. The van der Waals surface area contributed by atoms with Gasteiger partial charge in [-0.05, 0) is 21.5 Å². The van der Waals surface area contributed by atoms with Crippen LogP contribution < -0.4 is 10.5 Å². The number of rotatable bonds is 5. The van der Waals surface area contributed by atoms with E-state index in [4.69, 9.17) is 0 Å². The average Bonchev–Trinajstić information content (AvgIpc) is 2.67. The van der Waals surface area contributed by atoms with Crippen molar-refractivity contribution in [3.8, 4) is 0 Å². The topological polar surface area (TPSA) is 67.7 Å². The summed E-state index contributed by atoms with van der Waals surface area (Å²) in [5.41, 5.74) is 1.73. The highest BCUT2D eigenvalue weighted by atomic mass is 79.9. The summed E-state index contributed by atoms with van der Waals surface area (Å²) < 4.78 is 6.11. The van der Waals surface area contributed by atoms with E-state index in [-0.39, 0.29) is 12.1 Å². The maximum absolute atomic E-state index is 12.4. The number of halogens is 1. The van der Waals surface area contributed by atoms with E-state index in [1.807, 2.05) is 6.07 Å². The third kappa shape index (κ3) is 4.31. The molecule has 0 N–H and O–H groups in total. The number of anilines is 1. The average molecular weight is 421 g/mol. The van der Waals surface area contributed by atoms with Gasteiger partial charge in [0, 0.05) is 32.7 Å². The van der Waals surface area contributed by atoms with Crippen molar-refractivity contribution in [1.82, 2.24) is 14.7 Å². The maximum atomic E-state index is 12.4. The number of hydrogen-bond acceptors (Lipinski definition) is 6. The molecule has 26 heavy (non-hydrogen) atoms. The second-order valence-corrected chi connectivity index (χ2v) is 6.92. The van der Waals surface area contributed by atoms with Crippen LogP contribution in [0.25, 0.3) is 0 Å². The first kappa shape index (κ1) is 18.6. The number of benzene rings is 1. The van der Waals surface area contributed by atoms with Gasteiger partial charge in [0.25, 0.3) is 5.56 Å². The van der Waals surface area contributed by atoms with Crippen LogP contribution in [0.5, 0.6) is 0 Å². The number of carbonyl (C=O) groups excluding carboxylic acids is 1. The summed E-state index contributed by atoms with van der Waals surface area (Å²) in [6.07, 6.45) is 1.63. The predicted molar refractivity (Wildman–Crippen MR) is 102 cm³/mol. The molecule has 3 rings (SSSR count). The Morgan fingerprint density at radius 3 is 2.54 bits per heavy atom. The molecule has 2 heterocycles. The molecule has 1 aliphatic rings. The summed E-state index contributed by atoms with van der Waals surface area (Å²) >= 11 is 3.37. The molecule has 0 atom stereocenters. The Morgan fingerprint density at radius 2 is 1.88 bits per heavy atom. The van der Waals surface area contributed by atoms with Gasteiger partial charge in [0.15, 0.2) is 0 Å². The summed E-state index contributed by atoms with van der Waals surface area (Å²) in [7, 11) is 1.28. The van der Waals surface area contributed by atoms with Gasteiger partial charge in [0.1, 0.15) is 11.0 Å². The van der Waals surface area contributed by atoms with Gasteiger partial charge in [0.2, 0.25) is 0 Å². The molecule has 2 aromatic rings.